The molecule has 2 N–H and O–H groups in total. The Morgan fingerprint density at radius 1 is 1.05 bits per heavy atom. The second-order valence-corrected chi connectivity index (χ2v) is 10.9. The highest BCUT2D eigenvalue weighted by atomic mass is 19.1. The standard InChI is InChI=1S/C28H30F2N8/c1-28(2)15-31-10-9-21(28)38(3)27-24-18(16-4-5-16)13-32-14-20(24)34-25(37-27)17-8-11-33-23(12-17)36-26-19(29)6-7-22(30)35-26/h6-8,11-14,16,21,31H,4-5,9-10,15H2,1-3H3,(H,33,35,36). The molecule has 1 saturated heterocycles. The van der Waals surface area contributed by atoms with E-state index >= 15 is 0 Å². The summed E-state index contributed by atoms with van der Waals surface area (Å²) in [6.07, 6.45) is 8.64. The van der Waals surface area contributed by atoms with Crippen LogP contribution in [0.25, 0.3) is 22.3 Å². The van der Waals surface area contributed by atoms with E-state index in [9.17, 15) is 8.78 Å². The summed E-state index contributed by atoms with van der Waals surface area (Å²) in [6.45, 7) is 6.46. The molecule has 8 nitrogen and oxygen atoms in total. The summed E-state index contributed by atoms with van der Waals surface area (Å²) < 4.78 is 27.8. The Labute approximate surface area is 220 Å². The summed E-state index contributed by atoms with van der Waals surface area (Å²) in [5.74, 6) is 0.503. The van der Waals surface area contributed by atoms with Crippen LogP contribution in [-0.4, -0.2) is 51.1 Å². The monoisotopic (exact) mass is 516 g/mol. The zero-order chi connectivity index (χ0) is 26.4. The van der Waals surface area contributed by atoms with Crippen molar-refractivity contribution >= 4 is 28.4 Å². The Hall–Kier alpha value is -3.79. The highest BCUT2D eigenvalue weighted by Gasteiger charge is 2.37. The van der Waals surface area contributed by atoms with Gasteiger partial charge in [-0.2, -0.15) is 9.37 Å². The lowest BCUT2D eigenvalue weighted by Gasteiger charge is -2.45. The molecule has 6 rings (SSSR count). The molecule has 0 aromatic carbocycles. The van der Waals surface area contributed by atoms with Crippen LogP contribution in [-0.2, 0) is 0 Å². The van der Waals surface area contributed by atoms with Crippen LogP contribution < -0.4 is 15.5 Å². The van der Waals surface area contributed by atoms with Gasteiger partial charge in [-0.25, -0.2) is 19.3 Å². The Morgan fingerprint density at radius 2 is 1.89 bits per heavy atom. The fourth-order valence-corrected chi connectivity index (χ4v) is 5.47. The van der Waals surface area contributed by atoms with Gasteiger partial charge in [0, 0.05) is 43.0 Å². The number of rotatable bonds is 6. The number of fused-ring (bicyclic) bond motifs is 1. The molecule has 0 radical (unpaired) electrons. The molecule has 1 aliphatic carbocycles. The second-order valence-electron chi connectivity index (χ2n) is 10.9. The summed E-state index contributed by atoms with van der Waals surface area (Å²) in [6, 6.07) is 5.79. The van der Waals surface area contributed by atoms with Crippen molar-refractivity contribution in [2.24, 2.45) is 5.41 Å². The number of halogens is 2. The van der Waals surface area contributed by atoms with Crippen molar-refractivity contribution in [1.29, 1.82) is 0 Å². The lowest BCUT2D eigenvalue weighted by atomic mass is 9.79. The van der Waals surface area contributed by atoms with Gasteiger partial charge in [-0.1, -0.05) is 13.8 Å². The van der Waals surface area contributed by atoms with Crippen LogP contribution in [0.3, 0.4) is 0 Å². The Morgan fingerprint density at radius 3 is 2.68 bits per heavy atom. The predicted octanol–water partition coefficient (Wildman–Crippen LogP) is 5.21. The van der Waals surface area contributed by atoms with E-state index in [-0.39, 0.29) is 17.3 Å². The number of aromatic nitrogens is 5. The van der Waals surface area contributed by atoms with E-state index in [0.29, 0.717) is 23.1 Å². The van der Waals surface area contributed by atoms with Gasteiger partial charge >= 0.3 is 0 Å². The van der Waals surface area contributed by atoms with Gasteiger partial charge in [0.25, 0.3) is 0 Å². The first-order valence-corrected chi connectivity index (χ1v) is 12.9. The molecule has 1 unspecified atom stereocenters. The van der Waals surface area contributed by atoms with Crippen LogP contribution in [0.2, 0.25) is 0 Å². The van der Waals surface area contributed by atoms with Gasteiger partial charge in [-0.3, -0.25) is 4.98 Å². The molecule has 38 heavy (non-hydrogen) atoms. The third-order valence-corrected chi connectivity index (χ3v) is 7.59. The third kappa shape index (κ3) is 4.64. The summed E-state index contributed by atoms with van der Waals surface area (Å²) in [5, 5.41) is 7.35. The Bertz CT molecular complexity index is 1500. The van der Waals surface area contributed by atoms with Crippen LogP contribution in [0.1, 0.15) is 44.6 Å². The summed E-state index contributed by atoms with van der Waals surface area (Å²) in [5.41, 5.74) is 2.73. The van der Waals surface area contributed by atoms with Crippen molar-refractivity contribution in [1.82, 2.24) is 30.2 Å². The van der Waals surface area contributed by atoms with E-state index in [0.717, 1.165) is 61.2 Å². The highest BCUT2D eigenvalue weighted by Crippen LogP contribution is 2.45. The molecule has 1 atom stereocenters. The maximum Gasteiger partial charge on any atom is 0.214 e. The quantitative estimate of drug-likeness (QED) is 0.338. The molecule has 2 aliphatic rings. The van der Waals surface area contributed by atoms with Crippen molar-refractivity contribution in [2.75, 3.05) is 30.4 Å². The number of hydrogen-bond donors (Lipinski definition) is 2. The zero-order valence-corrected chi connectivity index (χ0v) is 21.7. The second kappa shape index (κ2) is 9.50. The minimum Gasteiger partial charge on any atom is -0.355 e. The molecule has 4 aromatic rings. The number of nitrogens with one attached hydrogen (secondary N) is 2. The zero-order valence-electron chi connectivity index (χ0n) is 21.7. The fourth-order valence-electron chi connectivity index (χ4n) is 5.47. The van der Waals surface area contributed by atoms with Crippen molar-refractivity contribution in [3.8, 4) is 11.4 Å². The van der Waals surface area contributed by atoms with Crippen LogP contribution >= 0.6 is 0 Å². The lowest BCUT2D eigenvalue weighted by Crippen LogP contribution is -2.53. The van der Waals surface area contributed by atoms with Crippen LogP contribution in [0.5, 0.6) is 0 Å². The molecule has 5 heterocycles. The minimum atomic E-state index is -0.782. The predicted molar refractivity (Wildman–Crippen MR) is 143 cm³/mol. The first-order valence-electron chi connectivity index (χ1n) is 12.9. The van der Waals surface area contributed by atoms with Gasteiger partial charge in [-0.05, 0) is 67.0 Å². The van der Waals surface area contributed by atoms with Crippen molar-refractivity contribution in [2.45, 2.75) is 45.1 Å². The summed E-state index contributed by atoms with van der Waals surface area (Å²) >= 11 is 0. The van der Waals surface area contributed by atoms with E-state index in [1.165, 1.54) is 5.56 Å². The normalized spacial score (nSPS) is 18.9. The molecule has 1 aliphatic heterocycles. The molecule has 196 valence electrons. The van der Waals surface area contributed by atoms with E-state index in [2.05, 4.69) is 51.4 Å². The summed E-state index contributed by atoms with van der Waals surface area (Å²) in [7, 11) is 2.12. The van der Waals surface area contributed by atoms with Gasteiger partial charge in [0.1, 0.15) is 11.6 Å². The first-order chi connectivity index (χ1) is 18.3. The third-order valence-electron chi connectivity index (χ3n) is 7.59. The molecule has 0 amide bonds. The van der Waals surface area contributed by atoms with E-state index in [1.54, 1.807) is 24.5 Å². The number of pyridine rings is 3. The fraction of sp³-hybridized carbons (Fsp3) is 0.393. The maximum atomic E-state index is 14.2. The number of piperidine rings is 1. The van der Waals surface area contributed by atoms with E-state index < -0.39 is 11.8 Å². The SMILES string of the molecule is CN(c1nc(-c2ccnc(Nc3nc(F)ccc3F)c2)nc2cncc(C3CC3)c12)C1CCNCC1(C)C. The lowest BCUT2D eigenvalue weighted by molar-refractivity contribution is 0.215. The van der Waals surface area contributed by atoms with Crippen molar-refractivity contribution in [3.63, 3.8) is 0 Å². The molecule has 10 heteroatoms. The van der Waals surface area contributed by atoms with Gasteiger partial charge in [0.2, 0.25) is 5.95 Å². The summed E-state index contributed by atoms with van der Waals surface area (Å²) in [4.78, 5) is 24.7. The van der Waals surface area contributed by atoms with Crippen molar-refractivity contribution < 1.29 is 8.78 Å². The smallest absolute Gasteiger partial charge is 0.214 e. The molecule has 0 spiro atoms. The van der Waals surface area contributed by atoms with Gasteiger partial charge in [0.15, 0.2) is 17.5 Å². The van der Waals surface area contributed by atoms with Gasteiger partial charge < -0.3 is 15.5 Å². The van der Waals surface area contributed by atoms with Crippen molar-refractivity contribution in [3.05, 3.63) is 60.2 Å². The first kappa shape index (κ1) is 24.5. The molecule has 4 aromatic heterocycles. The van der Waals surface area contributed by atoms with Crippen LogP contribution in [0.4, 0.5) is 26.2 Å². The average molecular weight is 517 g/mol. The Kier molecular flexibility index (Phi) is 6.14. The number of nitrogens with zero attached hydrogens (tertiary/aromatic N) is 6. The largest absolute Gasteiger partial charge is 0.355 e. The molecule has 1 saturated carbocycles. The molecular formula is C28H30F2N8. The minimum absolute atomic E-state index is 0.0486. The topological polar surface area (TPSA) is 91.8 Å². The Balaban J connectivity index is 1.45. The average Bonchev–Trinajstić information content (AvgIpc) is 3.75. The van der Waals surface area contributed by atoms with E-state index in [1.807, 2.05) is 6.20 Å². The van der Waals surface area contributed by atoms with Crippen LogP contribution in [0, 0.1) is 17.2 Å². The maximum absolute atomic E-state index is 14.2. The van der Waals surface area contributed by atoms with Gasteiger partial charge in [-0.15, -0.1) is 0 Å². The van der Waals surface area contributed by atoms with Gasteiger partial charge in [0.05, 0.1) is 11.7 Å². The highest BCUT2D eigenvalue weighted by molar-refractivity contribution is 5.94. The van der Waals surface area contributed by atoms with E-state index in [4.69, 9.17) is 9.97 Å². The number of hydrogen-bond acceptors (Lipinski definition) is 8. The molecular weight excluding hydrogens is 486 g/mol. The molecule has 0 bridgehead atoms. The number of anilines is 3. The molecule has 2 fully saturated rings. The van der Waals surface area contributed by atoms with Crippen LogP contribution in [0.15, 0.2) is 42.9 Å².